The zero-order valence-corrected chi connectivity index (χ0v) is 10.5. The van der Waals surface area contributed by atoms with E-state index in [2.05, 4.69) is 15.3 Å². The second-order valence-electron chi connectivity index (χ2n) is 4.68. The Bertz CT molecular complexity index is 594. The standard InChI is InChI=1S/C14H15N3O2/c18-14(17-12-2-1-5-19-8-12)10-3-4-11-7-15-9-16-13(11)6-10/h3-4,6-7,9,12H,1-2,5,8H2,(H,17,18). The summed E-state index contributed by atoms with van der Waals surface area (Å²) in [4.78, 5) is 20.3. The summed E-state index contributed by atoms with van der Waals surface area (Å²) in [7, 11) is 0. The van der Waals surface area contributed by atoms with Gasteiger partial charge in [-0.25, -0.2) is 9.97 Å². The highest BCUT2D eigenvalue weighted by atomic mass is 16.5. The first kappa shape index (κ1) is 12.0. The highest BCUT2D eigenvalue weighted by Crippen LogP contribution is 2.13. The molecule has 19 heavy (non-hydrogen) atoms. The summed E-state index contributed by atoms with van der Waals surface area (Å²) in [5, 5.41) is 3.92. The van der Waals surface area contributed by atoms with Crippen molar-refractivity contribution in [2.45, 2.75) is 18.9 Å². The lowest BCUT2D eigenvalue weighted by Crippen LogP contribution is -2.40. The number of hydrogen-bond acceptors (Lipinski definition) is 4. The second kappa shape index (κ2) is 5.32. The van der Waals surface area contributed by atoms with Crippen molar-refractivity contribution in [1.82, 2.24) is 15.3 Å². The summed E-state index contributed by atoms with van der Waals surface area (Å²) in [5.74, 6) is -0.0731. The number of fused-ring (bicyclic) bond motifs is 1. The third-order valence-electron chi connectivity index (χ3n) is 3.27. The van der Waals surface area contributed by atoms with Crippen molar-refractivity contribution in [3.63, 3.8) is 0 Å². The average Bonchev–Trinajstić information content (AvgIpc) is 2.48. The molecule has 1 atom stereocenters. The summed E-state index contributed by atoms with van der Waals surface area (Å²) < 4.78 is 5.35. The number of nitrogens with one attached hydrogen (secondary N) is 1. The Labute approximate surface area is 111 Å². The lowest BCUT2D eigenvalue weighted by molar-refractivity contribution is 0.0624. The summed E-state index contributed by atoms with van der Waals surface area (Å²) in [6.45, 7) is 1.39. The van der Waals surface area contributed by atoms with Crippen molar-refractivity contribution < 1.29 is 9.53 Å². The van der Waals surface area contributed by atoms with E-state index in [-0.39, 0.29) is 11.9 Å². The summed E-state index contributed by atoms with van der Waals surface area (Å²) >= 11 is 0. The molecule has 1 amide bonds. The maximum Gasteiger partial charge on any atom is 0.251 e. The molecule has 0 radical (unpaired) electrons. The number of carbonyl (C=O) groups is 1. The Kier molecular flexibility index (Phi) is 3.37. The fourth-order valence-electron chi connectivity index (χ4n) is 2.24. The van der Waals surface area contributed by atoms with Gasteiger partial charge in [-0.2, -0.15) is 0 Å². The quantitative estimate of drug-likeness (QED) is 0.886. The van der Waals surface area contributed by atoms with Crippen LogP contribution in [0.15, 0.2) is 30.7 Å². The van der Waals surface area contributed by atoms with Gasteiger partial charge in [0.05, 0.1) is 18.2 Å². The molecular formula is C14H15N3O2. The molecule has 1 aromatic heterocycles. The summed E-state index contributed by atoms with van der Waals surface area (Å²) in [5.41, 5.74) is 1.40. The predicted octanol–water partition coefficient (Wildman–Crippen LogP) is 1.54. The van der Waals surface area contributed by atoms with E-state index in [4.69, 9.17) is 4.74 Å². The van der Waals surface area contributed by atoms with E-state index in [0.717, 1.165) is 30.4 Å². The molecule has 3 rings (SSSR count). The molecule has 1 fully saturated rings. The van der Waals surface area contributed by atoms with Gasteiger partial charge in [0, 0.05) is 23.8 Å². The zero-order valence-electron chi connectivity index (χ0n) is 10.5. The molecule has 5 nitrogen and oxygen atoms in total. The lowest BCUT2D eigenvalue weighted by Gasteiger charge is -2.23. The molecule has 2 heterocycles. The van der Waals surface area contributed by atoms with Gasteiger partial charge in [-0.1, -0.05) is 6.07 Å². The van der Waals surface area contributed by atoms with Crippen molar-refractivity contribution in [2.75, 3.05) is 13.2 Å². The van der Waals surface area contributed by atoms with Gasteiger partial charge >= 0.3 is 0 Å². The van der Waals surface area contributed by atoms with E-state index < -0.39 is 0 Å². The van der Waals surface area contributed by atoms with Crippen LogP contribution in [-0.4, -0.2) is 35.1 Å². The maximum atomic E-state index is 12.1. The van der Waals surface area contributed by atoms with E-state index >= 15 is 0 Å². The largest absolute Gasteiger partial charge is 0.379 e. The Balaban J connectivity index is 1.77. The number of ether oxygens (including phenoxy) is 1. The number of amides is 1. The van der Waals surface area contributed by atoms with E-state index in [9.17, 15) is 4.79 Å². The van der Waals surface area contributed by atoms with E-state index in [1.54, 1.807) is 18.3 Å². The molecule has 1 saturated heterocycles. The average molecular weight is 257 g/mol. The van der Waals surface area contributed by atoms with Gasteiger partial charge in [-0.3, -0.25) is 4.79 Å². The first-order valence-electron chi connectivity index (χ1n) is 6.41. The molecule has 0 spiro atoms. The van der Waals surface area contributed by atoms with Crippen molar-refractivity contribution in [2.24, 2.45) is 0 Å². The predicted molar refractivity (Wildman–Crippen MR) is 70.8 cm³/mol. The highest BCUT2D eigenvalue weighted by Gasteiger charge is 2.17. The SMILES string of the molecule is O=C(NC1CCCOC1)c1ccc2cncnc2c1. The van der Waals surface area contributed by atoms with Gasteiger partial charge in [0.25, 0.3) is 5.91 Å². The van der Waals surface area contributed by atoms with Crippen molar-refractivity contribution >= 4 is 16.8 Å². The van der Waals surface area contributed by atoms with Crippen LogP contribution in [0, 0.1) is 0 Å². The summed E-state index contributed by atoms with van der Waals surface area (Å²) in [6.07, 6.45) is 5.19. The van der Waals surface area contributed by atoms with Crippen molar-refractivity contribution in [1.29, 1.82) is 0 Å². The minimum absolute atomic E-state index is 0.0731. The van der Waals surface area contributed by atoms with Gasteiger partial charge in [0.15, 0.2) is 0 Å². The molecular weight excluding hydrogens is 242 g/mol. The topological polar surface area (TPSA) is 64.1 Å². The maximum absolute atomic E-state index is 12.1. The number of hydrogen-bond donors (Lipinski definition) is 1. The van der Waals surface area contributed by atoms with Crippen LogP contribution in [-0.2, 0) is 4.74 Å². The van der Waals surface area contributed by atoms with Gasteiger partial charge < -0.3 is 10.1 Å². The van der Waals surface area contributed by atoms with Gasteiger partial charge in [0.1, 0.15) is 6.33 Å². The Morgan fingerprint density at radius 1 is 1.42 bits per heavy atom. The Morgan fingerprint density at radius 3 is 3.21 bits per heavy atom. The molecule has 5 heteroatoms. The van der Waals surface area contributed by atoms with Crippen LogP contribution >= 0.6 is 0 Å². The van der Waals surface area contributed by atoms with E-state index in [0.29, 0.717) is 12.2 Å². The molecule has 2 aromatic rings. The third-order valence-corrected chi connectivity index (χ3v) is 3.27. The third kappa shape index (κ3) is 2.71. The lowest BCUT2D eigenvalue weighted by atomic mass is 10.1. The molecule has 1 N–H and O–H groups in total. The fourth-order valence-corrected chi connectivity index (χ4v) is 2.24. The zero-order chi connectivity index (χ0) is 13.1. The van der Waals surface area contributed by atoms with Gasteiger partial charge in [0.2, 0.25) is 0 Å². The van der Waals surface area contributed by atoms with Gasteiger partial charge in [-0.15, -0.1) is 0 Å². The molecule has 1 aliphatic heterocycles. The number of carbonyl (C=O) groups excluding carboxylic acids is 1. The molecule has 1 aromatic carbocycles. The first-order chi connectivity index (χ1) is 9.33. The highest BCUT2D eigenvalue weighted by molar-refractivity contribution is 5.97. The molecule has 1 unspecified atom stereocenters. The Hall–Kier alpha value is -2.01. The normalized spacial score (nSPS) is 19.3. The Morgan fingerprint density at radius 2 is 2.37 bits per heavy atom. The molecule has 0 saturated carbocycles. The van der Waals surface area contributed by atoms with Crippen LogP contribution in [0.5, 0.6) is 0 Å². The van der Waals surface area contributed by atoms with E-state index in [1.165, 1.54) is 6.33 Å². The van der Waals surface area contributed by atoms with Crippen LogP contribution in [0.25, 0.3) is 10.9 Å². The number of nitrogens with zero attached hydrogens (tertiary/aromatic N) is 2. The first-order valence-corrected chi connectivity index (χ1v) is 6.41. The van der Waals surface area contributed by atoms with Crippen molar-refractivity contribution in [3.8, 4) is 0 Å². The number of aromatic nitrogens is 2. The van der Waals surface area contributed by atoms with Crippen LogP contribution in [0.4, 0.5) is 0 Å². The van der Waals surface area contributed by atoms with Crippen LogP contribution in [0.3, 0.4) is 0 Å². The van der Waals surface area contributed by atoms with Crippen LogP contribution in [0.2, 0.25) is 0 Å². The molecule has 0 aliphatic carbocycles. The second-order valence-corrected chi connectivity index (χ2v) is 4.68. The number of rotatable bonds is 2. The fraction of sp³-hybridized carbons (Fsp3) is 0.357. The van der Waals surface area contributed by atoms with Crippen molar-refractivity contribution in [3.05, 3.63) is 36.3 Å². The minimum Gasteiger partial charge on any atom is -0.379 e. The molecule has 0 bridgehead atoms. The molecule has 1 aliphatic rings. The monoisotopic (exact) mass is 257 g/mol. The van der Waals surface area contributed by atoms with Crippen LogP contribution in [0.1, 0.15) is 23.2 Å². The van der Waals surface area contributed by atoms with Crippen LogP contribution < -0.4 is 5.32 Å². The number of benzene rings is 1. The molecule has 98 valence electrons. The summed E-state index contributed by atoms with van der Waals surface area (Å²) in [6, 6.07) is 5.56. The van der Waals surface area contributed by atoms with Gasteiger partial charge in [-0.05, 0) is 25.0 Å². The van der Waals surface area contributed by atoms with E-state index in [1.807, 2.05) is 6.07 Å². The smallest absolute Gasteiger partial charge is 0.251 e. The minimum atomic E-state index is -0.0731.